The number of esters is 1. The topological polar surface area (TPSA) is 150 Å². The molecule has 10 nitrogen and oxygen atoms in total. The number of fused-ring (bicyclic) bond motifs is 1. The summed E-state index contributed by atoms with van der Waals surface area (Å²) >= 11 is 1.01. The predicted octanol–water partition coefficient (Wildman–Crippen LogP) is 1.98. The third-order valence-corrected chi connectivity index (χ3v) is 3.90. The number of anilines is 2. The maximum atomic E-state index is 12.0. The van der Waals surface area contributed by atoms with Crippen molar-refractivity contribution in [3.05, 3.63) is 52.1 Å². The molecule has 0 fully saturated rings. The van der Waals surface area contributed by atoms with E-state index in [0.29, 0.717) is 16.7 Å². The fraction of sp³-hybridized carbons (Fsp3) is 0.0667. The Morgan fingerprint density at radius 3 is 2.85 bits per heavy atom. The van der Waals surface area contributed by atoms with Crippen molar-refractivity contribution in [3.8, 4) is 0 Å². The summed E-state index contributed by atoms with van der Waals surface area (Å²) in [4.78, 5) is 34.2. The van der Waals surface area contributed by atoms with Crippen molar-refractivity contribution < 1.29 is 19.2 Å². The van der Waals surface area contributed by atoms with Crippen LogP contribution in [0.2, 0.25) is 0 Å². The standard InChI is InChI=1S/C15H11N5O5S/c16-10-5-4-8(20(23)24)6-9(10)15(22)25-7-13(21)17-11-2-1-3-12-14(11)19-26-18-12/h1-6H,7,16H2,(H,17,21). The number of hydrogen-bond acceptors (Lipinski definition) is 9. The first-order chi connectivity index (χ1) is 12.5. The average molecular weight is 373 g/mol. The zero-order valence-corrected chi connectivity index (χ0v) is 13.9. The fourth-order valence-corrected chi connectivity index (χ4v) is 2.69. The zero-order valence-electron chi connectivity index (χ0n) is 13.0. The van der Waals surface area contributed by atoms with Crippen molar-refractivity contribution >= 4 is 51.7 Å². The van der Waals surface area contributed by atoms with E-state index in [9.17, 15) is 19.7 Å². The molecule has 11 heteroatoms. The van der Waals surface area contributed by atoms with Gasteiger partial charge in [0, 0.05) is 17.8 Å². The number of amides is 1. The van der Waals surface area contributed by atoms with Gasteiger partial charge in [0.1, 0.15) is 11.0 Å². The fourth-order valence-electron chi connectivity index (χ4n) is 2.14. The van der Waals surface area contributed by atoms with Crippen LogP contribution in [0.4, 0.5) is 17.1 Å². The summed E-state index contributed by atoms with van der Waals surface area (Å²) in [5.74, 6) is -1.53. The van der Waals surface area contributed by atoms with Crippen molar-refractivity contribution in [2.45, 2.75) is 0 Å². The molecule has 0 atom stereocenters. The highest BCUT2D eigenvalue weighted by Gasteiger charge is 2.18. The number of nitrogens with one attached hydrogen (secondary N) is 1. The van der Waals surface area contributed by atoms with Crippen molar-refractivity contribution in [2.75, 3.05) is 17.7 Å². The van der Waals surface area contributed by atoms with Gasteiger partial charge in [-0.2, -0.15) is 8.75 Å². The van der Waals surface area contributed by atoms with Crippen LogP contribution >= 0.6 is 11.7 Å². The average Bonchev–Trinajstić information content (AvgIpc) is 3.09. The van der Waals surface area contributed by atoms with E-state index in [4.69, 9.17) is 10.5 Å². The summed E-state index contributed by atoms with van der Waals surface area (Å²) in [5.41, 5.74) is 6.75. The molecule has 1 heterocycles. The minimum atomic E-state index is -0.935. The Hall–Kier alpha value is -3.60. The molecule has 0 aliphatic carbocycles. The first kappa shape index (κ1) is 17.2. The molecule has 0 unspecified atom stereocenters. The van der Waals surface area contributed by atoms with Gasteiger partial charge in [0.05, 0.1) is 27.9 Å². The van der Waals surface area contributed by atoms with E-state index in [0.717, 1.165) is 17.8 Å². The number of ether oxygens (including phenoxy) is 1. The van der Waals surface area contributed by atoms with Gasteiger partial charge in [0.2, 0.25) is 0 Å². The number of carbonyl (C=O) groups excluding carboxylic acids is 2. The van der Waals surface area contributed by atoms with Gasteiger partial charge >= 0.3 is 5.97 Å². The highest BCUT2D eigenvalue weighted by atomic mass is 32.1. The molecule has 0 bridgehead atoms. The van der Waals surface area contributed by atoms with Crippen LogP contribution in [0.3, 0.4) is 0 Å². The molecule has 0 saturated heterocycles. The second kappa shape index (κ2) is 7.11. The summed E-state index contributed by atoms with van der Waals surface area (Å²) in [6.07, 6.45) is 0. The van der Waals surface area contributed by atoms with E-state index in [1.54, 1.807) is 18.2 Å². The lowest BCUT2D eigenvalue weighted by atomic mass is 10.1. The Bertz CT molecular complexity index is 1020. The van der Waals surface area contributed by atoms with Gasteiger partial charge < -0.3 is 15.8 Å². The molecule has 3 N–H and O–H groups in total. The Morgan fingerprint density at radius 2 is 2.08 bits per heavy atom. The van der Waals surface area contributed by atoms with E-state index in [1.807, 2.05) is 0 Å². The number of carbonyl (C=O) groups is 2. The third-order valence-electron chi connectivity index (χ3n) is 3.36. The van der Waals surface area contributed by atoms with Crippen LogP contribution in [0.1, 0.15) is 10.4 Å². The van der Waals surface area contributed by atoms with Crippen molar-refractivity contribution in [1.29, 1.82) is 0 Å². The van der Waals surface area contributed by atoms with E-state index < -0.39 is 23.4 Å². The molecule has 2 aromatic carbocycles. The summed E-state index contributed by atoms with van der Waals surface area (Å²) in [6.45, 7) is -0.588. The van der Waals surface area contributed by atoms with Crippen LogP contribution in [0.15, 0.2) is 36.4 Å². The number of hydrogen-bond donors (Lipinski definition) is 2. The second-order valence-electron chi connectivity index (χ2n) is 5.09. The monoisotopic (exact) mass is 373 g/mol. The number of nitrogens with two attached hydrogens (primary N) is 1. The van der Waals surface area contributed by atoms with Crippen LogP contribution < -0.4 is 11.1 Å². The smallest absolute Gasteiger partial charge is 0.341 e. The Labute approximate surface area is 150 Å². The summed E-state index contributed by atoms with van der Waals surface area (Å²) in [7, 11) is 0. The predicted molar refractivity (Wildman–Crippen MR) is 93.8 cm³/mol. The molecular formula is C15H11N5O5S. The quantitative estimate of drug-likeness (QED) is 0.298. The number of non-ortho nitro benzene ring substituents is 1. The Morgan fingerprint density at radius 1 is 1.27 bits per heavy atom. The minimum Gasteiger partial charge on any atom is -0.452 e. The van der Waals surface area contributed by atoms with Gasteiger partial charge in [-0.15, -0.1) is 0 Å². The molecule has 1 aromatic heterocycles. The number of benzene rings is 2. The third kappa shape index (κ3) is 3.57. The first-order valence-corrected chi connectivity index (χ1v) is 7.91. The van der Waals surface area contributed by atoms with Gasteiger partial charge in [-0.1, -0.05) is 6.07 Å². The van der Waals surface area contributed by atoms with E-state index >= 15 is 0 Å². The zero-order chi connectivity index (χ0) is 18.7. The van der Waals surface area contributed by atoms with Crippen LogP contribution in [0.5, 0.6) is 0 Å². The lowest BCUT2D eigenvalue weighted by Crippen LogP contribution is -2.21. The van der Waals surface area contributed by atoms with Gasteiger partial charge in [0.25, 0.3) is 11.6 Å². The number of rotatable bonds is 5. The van der Waals surface area contributed by atoms with Gasteiger partial charge in [-0.25, -0.2) is 4.79 Å². The van der Waals surface area contributed by atoms with Crippen molar-refractivity contribution in [3.63, 3.8) is 0 Å². The molecule has 132 valence electrons. The first-order valence-electron chi connectivity index (χ1n) is 7.18. The molecule has 0 radical (unpaired) electrons. The molecular weight excluding hydrogens is 362 g/mol. The number of aromatic nitrogens is 2. The minimum absolute atomic E-state index is 0.0133. The van der Waals surface area contributed by atoms with Crippen molar-refractivity contribution in [1.82, 2.24) is 8.75 Å². The van der Waals surface area contributed by atoms with E-state index in [2.05, 4.69) is 14.1 Å². The molecule has 26 heavy (non-hydrogen) atoms. The number of nitro groups is 1. The van der Waals surface area contributed by atoms with E-state index in [-0.39, 0.29) is 16.9 Å². The van der Waals surface area contributed by atoms with Crippen LogP contribution in [0.25, 0.3) is 11.0 Å². The molecule has 0 aliphatic heterocycles. The maximum Gasteiger partial charge on any atom is 0.341 e. The summed E-state index contributed by atoms with van der Waals surface area (Å²) in [5, 5.41) is 13.4. The van der Waals surface area contributed by atoms with Crippen LogP contribution in [0, 0.1) is 10.1 Å². The molecule has 0 spiro atoms. The highest BCUT2D eigenvalue weighted by molar-refractivity contribution is 7.00. The van der Waals surface area contributed by atoms with Gasteiger partial charge in [-0.3, -0.25) is 14.9 Å². The Kier molecular flexibility index (Phi) is 4.71. The van der Waals surface area contributed by atoms with Gasteiger partial charge in [-0.05, 0) is 18.2 Å². The largest absolute Gasteiger partial charge is 0.452 e. The van der Waals surface area contributed by atoms with E-state index in [1.165, 1.54) is 12.1 Å². The lowest BCUT2D eigenvalue weighted by molar-refractivity contribution is -0.384. The highest BCUT2D eigenvalue weighted by Crippen LogP contribution is 2.22. The SMILES string of the molecule is Nc1ccc([N+](=O)[O-])cc1C(=O)OCC(=O)Nc1cccc2nsnc12. The number of nitrogens with zero attached hydrogens (tertiary/aromatic N) is 3. The lowest BCUT2D eigenvalue weighted by Gasteiger charge is -2.08. The molecule has 3 rings (SSSR count). The van der Waals surface area contributed by atoms with Crippen LogP contribution in [-0.2, 0) is 9.53 Å². The second-order valence-corrected chi connectivity index (χ2v) is 5.62. The summed E-state index contributed by atoms with van der Waals surface area (Å²) < 4.78 is 13.0. The van der Waals surface area contributed by atoms with Crippen molar-refractivity contribution in [2.24, 2.45) is 0 Å². The molecule has 0 aliphatic rings. The number of nitro benzene ring substituents is 1. The maximum absolute atomic E-state index is 12.0. The van der Waals surface area contributed by atoms with Crippen LogP contribution in [-0.4, -0.2) is 32.2 Å². The molecule has 1 amide bonds. The normalized spacial score (nSPS) is 10.5. The van der Waals surface area contributed by atoms with Gasteiger partial charge in [0.15, 0.2) is 6.61 Å². The Balaban J connectivity index is 1.66. The number of nitrogen functional groups attached to an aromatic ring is 1. The summed E-state index contributed by atoms with van der Waals surface area (Å²) in [6, 6.07) is 8.49. The molecule has 3 aromatic rings. The molecule has 0 saturated carbocycles.